The predicted octanol–water partition coefficient (Wildman–Crippen LogP) is 1.79. The Kier molecular flexibility index (Phi) is 8.78. The second kappa shape index (κ2) is 11.3. The van der Waals surface area contributed by atoms with E-state index < -0.39 is 0 Å². The van der Waals surface area contributed by atoms with Crippen molar-refractivity contribution >= 4 is 5.91 Å². The molecular weight excluding hydrogens is 356 g/mol. The molecule has 2 atom stereocenters. The van der Waals surface area contributed by atoms with E-state index in [0.717, 1.165) is 24.1 Å². The molecule has 2 rings (SSSR count). The van der Waals surface area contributed by atoms with Crippen LogP contribution in [0.5, 0.6) is 11.5 Å². The molecule has 0 saturated heterocycles. The second-order valence-electron chi connectivity index (χ2n) is 6.76. The summed E-state index contributed by atoms with van der Waals surface area (Å²) in [4.78, 5) is 12.2. The van der Waals surface area contributed by atoms with Crippen molar-refractivity contribution in [3.8, 4) is 11.5 Å². The lowest BCUT2D eigenvalue weighted by molar-refractivity contribution is -0.706. The normalized spacial score (nSPS) is 12.9. The summed E-state index contributed by atoms with van der Waals surface area (Å²) in [6.07, 6.45) is 0.908. The lowest BCUT2D eigenvalue weighted by Gasteiger charge is -2.16. The van der Waals surface area contributed by atoms with Crippen LogP contribution in [0.2, 0.25) is 0 Å². The van der Waals surface area contributed by atoms with Gasteiger partial charge in [0.15, 0.2) is 18.1 Å². The van der Waals surface area contributed by atoms with Crippen molar-refractivity contribution in [3.05, 3.63) is 59.7 Å². The average Bonchev–Trinajstić information content (AvgIpc) is 2.73. The van der Waals surface area contributed by atoms with Crippen LogP contribution in [-0.4, -0.2) is 37.4 Å². The third-order valence-electron chi connectivity index (χ3n) is 4.71. The van der Waals surface area contributed by atoms with Crippen LogP contribution in [0.4, 0.5) is 0 Å². The summed E-state index contributed by atoms with van der Waals surface area (Å²) < 4.78 is 11.1. The molecule has 0 aromatic heterocycles. The molecule has 0 bridgehead atoms. The van der Waals surface area contributed by atoms with Crippen LogP contribution in [0.1, 0.15) is 37.4 Å². The van der Waals surface area contributed by atoms with E-state index in [1.165, 1.54) is 0 Å². The molecule has 1 amide bonds. The van der Waals surface area contributed by atoms with Crippen LogP contribution < -0.4 is 20.1 Å². The largest absolute Gasteiger partial charge is 0.493 e. The highest BCUT2D eigenvalue weighted by Crippen LogP contribution is 2.27. The summed E-state index contributed by atoms with van der Waals surface area (Å²) in [5.74, 6) is 0.930. The summed E-state index contributed by atoms with van der Waals surface area (Å²) in [6, 6.07) is 15.6. The van der Waals surface area contributed by atoms with Crippen molar-refractivity contribution in [2.45, 2.75) is 38.9 Å². The fourth-order valence-corrected chi connectivity index (χ4v) is 2.88. The van der Waals surface area contributed by atoms with Crippen molar-refractivity contribution in [1.29, 1.82) is 0 Å². The van der Waals surface area contributed by atoms with E-state index in [1.54, 1.807) is 7.11 Å². The average molecular weight is 388 g/mol. The number of amides is 1. The fourth-order valence-electron chi connectivity index (χ4n) is 2.88. The lowest BCUT2D eigenvalue weighted by Crippen LogP contribution is -2.89. The predicted molar refractivity (Wildman–Crippen MR) is 108 cm³/mol. The maximum absolute atomic E-state index is 12.2. The van der Waals surface area contributed by atoms with E-state index >= 15 is 0 Å². The quantitative estimate of drug-likeness (QED) is 0.549. The zero-order chi connectivity index (χ0) is 20.4. The number of ether oxygens (including phenoxy) is 2. The van der Waals surface area contributed by atoms with Gasteiger partial charge < -0.3 is 25.2 Å². The number of carbonyl (C=O) groups is 1. The van der Waals surface area contributed by atoms with Gasteiger partial charge in [0.2, 0.25) is 0 Å². The van der Waals surface area contributed by atoms with Crippen molar-refractivity contribution < 1.29 is 24.7 Å². The maximum atomic E-state index is 12.2. The number of nitrogens with two attached hydrogens (primary N) is 1. The van der Waals surface area contributed by atoms with Crippen molar-refractivity contribution in [1.82, 2.24) is 5.32 Å². The van der Waals surface area contributed by atoms with Crippen LogP contribution >= 0.6 is 0 Å². The second-order valence-corrected chi connectivity index (χ2v) is 6.76. The minimum Gasteiger partial charge on any atom is -0.493 e. The molecule has 28 heavy (non-hydrogen) atoms. The van der Waals surface area contributed by atoms with Gasteiger partial charge >= 0.3 is 0 Å². The molecular formula is C22H31N2O4+. The third-order valence-corrected chi connectivity index (χ3v) is 4.71. The van der Waals surface area contributed by atoms with E-state index in [1.807, 2.05) is 55.5 Å². The zero-order valence-corrected chi connectivity index (χ0v) is 16.9. The molecule has 2 aromatic carbocycles. The molecule has 0 aliphatic rings. The van der Waals surface area contributed by atoms with Gasteiger partial charge in [-0.2, -0.15) is 0 Å². The summed E-state index contributed by atoms with van der Waals surface area (Å²) in [5, 5.41) is 14.3. The molecule has 152 valence electrons. The van der Waals surface area contributed by atoms with E-state index in [-0.39, 0.29) is 31.2 Å². The molecule has 0 fully saturated rings. The first kappa shape index (κ1) is 21.7. The highest BCUT2D eigenvalue weighted by molar-refractivity contribution is 5.78. The summed E-state index contributed by atoms with van der Waals surface area (Å²) >= 11 is 0. The van der Waals surface area contributed by atoms with Crippen LogP contribution in [0.25, 0.3) is 0 Å². The Morgan fingerprint density at radius 3 is 2.57 bits per heavy atom. The first-order valence-corrected chi connectivity index (χ1v) is 9.65. The number of benzene rings is 2. The number of quaternary nitrogens is 1. The van der Waals surface area contributed by atoms with Crippen LogP contribution in [0, 0.1) is 0 Å². The van der Waals surface area contributed by atoms with Gasteiger partial charge in [0, 0.05) is 5.56 Å². The monoisotopic (exact) mass is 387 g/mol. The van der Waals surface area contributed by atoms with E-state index in [0.29, 0.717) is 11.5 Å². The van der Waals surface area contributed by atoms with E-state index in [4.69, 9.17) is 9.47 Å². The molecule has 0 saturated carbocycles. The van der Waals surface area contributed by atoms with E-state index in [2.05, 4.69) is 17.6 Å². The van der Waals surface area contributed by atoms with Crippen molar-refractivity contribution in [3.63, 3.8) is 0 Å². The van der Waals surface area contributed by atoms with E-state index in [9.17, 15) is 9.90 Å². The topological polar surface area (TPSA) is 84.4 Å². The molecule has 0 spiro atoms. The third kappa shape index (κ3) is 6.55. The van der Waals surface area contributed by atoms with Gasteiger partial charge in [0.25, 0.3) is 5.91 Å². The molecule has 4 N–H and O–H groups in total. The first-order chi connectivity index (χ1) is 13.6. The Bertz CT molecular complexity index is 733. The van der Waals surface area contributed by atoms with Crippen LogP contribution in [0.3, 0.4) is 0 Å². The number of hydrogen-bond donors (Lipinski definition) is 3. The van der Waals surface area contributed by atoms with Crippen molar-refractivity contribution in [2.24, 2.45) is 0 Å². The molecule has 0 unspecified atom stereocenters. The molecule has 6 nitrogen and oxygen atoms in total. The van der Waals surface area contributed by atoms with Crippen molar-refractivity contribution in [2.75, 3.05) is 20.3 Å². The Balaban J connectivity index is 1.89. The minimum absolute atomic E-state index is 0.0819. The van der Waals surface area contributed by atoms with Gasteiger partial charge in [-0.15, -0.1) is 0 Å². The molecule has 2 aromatic rings. The summed E-state index contributed by atoms with van der Waals surface area (Å²) in [6.45, 7) is 4.81. The Morgan fingerprint density at radius 1 is 1.18 bits per heavy atom. The fraction of sp³-hybridized carbons (Fsp3) is 0.409. The van der Waals surface area contributed by atoms with Gasteiger partial charge in [0.05, 0.1) is 19.8 Å². The number of hydrogen-bond acceptors (Lipinski definition) is 4. The number of aliphatic hydroxyl groups excluding tert-OH is 1. The minimum atomic E-state index is -0.190. The molecule has 0 aliphatic heterocycles. The maximum Gasteiger partial charge on any atom is 0.258 e. The van der Waals surface area contributed by atoms with Crippen LogP contribution in [0.15, 0.2) is 48.5 Å². The molecule has 0 radical (unpaired) electrons. The summed E-state index contributed by atoms with van der Waals surface area (Å²) in [7, 11) is 1.58. The lowest BCUT2D eigenvalue weighted by atomic mass is 10.1. The van der Waals surface area contributed by atoms with Gasteiger partial charge in [0.1, 0.15) is 12.6 Å². The number of aliphatic hydroxyl groups is 1. The number of rotatable bonds is 11. The Hall–Kier alpha value is -2.57. The summed E-state index contributed by atoms with van der Waals surface area (Å²) in [5.41, 5.74) is 2.11. The highest BCUT2D eigenvalue weighted by Gasteiger charge is 2.13. The van der Waals surface area contributed by atoms with Gasteiger partial charge in [-0.05, 0) is 37.1 Å². The number of nitrogens with one attached hydrogen (secondary N) is 1. The molecule has 0 aliphatic carbocycles. The molecule has 0 heterocycles. The highest BCUT2D eigenvalue weighted by atomic mass is 16.5. The smallest absolute Gasteiger partial charge is 0.258 e. The van der Waals surface area contributed by atoms with Crippen LogP contribution in [-0.2, 0) is 11.3 Å². The van der Waals surface area contributed by atoms with Gasteiger partial charge in [-0.1, -0.05) is 37.3 Å². The first-order valence-electron chi connectivity index (χ1n) is 9.65. The number of carbonyl (C=O) groups excluding carboxylic acids is 1. The zero-order valence-electron chi connectivity index (χ0n) is 16.9. The Morgan fingerprint density at radius 2 is 1.93 bits per heavy atom. The SMILES string of the molecule is CC[C@H](CO)[NH2+]Cc1ccc(OCC(=O)N[C@H](C)c2ccccc2)c(OC)c1. The number of methoxy groups -OCH3 is 1. The van der Waals surface area contributed by atoms with Gasteiger partial charge in [-0.25, -0.2) is 0 Å². The standard InChI is InChI=1S/C22H30N2O4/c1-4-19(14-25)23-13-17-10-11-20(21(12-17)27-3)28-15-22(26)24-16(2)18-8-6-5-7-9-18/h5-12,16,19,23,25H,4,13-15H2,1-3H3,(H,24,26)/p+1/t16-,19-/m1/s1. The molecule has 6 heteroatoms. The Labute approximate surface area is 166 Å². The van der Waals surface area contributed by atoms with Gasteiger partial charge in [-0.3, -0.25) is 4.79 Å².